The van der Waals surface area contributed by atoms with Crippen molar-refractivity contribution in [2.45, 2.75) is 26.4 Å². The van der Waals surface area contributed by atoms with Gasteiger partial charge in [-0.25, -0.2) is 4.98 Å². The number of carbonyl (C=O) groups excluding carboxylic acids is 2. The van der Waals surface area contributed by atoms with Gasteiger partial charge < -0.3 is 10.6 Å². The molecule has 0 aliphatic heterocycles. The lowest BCUT2D eigenvalue weighted by Gasteiger charge is -2.16. The highest BCUT2D eigenvalue weighted by Crippen LogP contribution is 2.18. The van der Waals surface area contributed by atoms with Crippen LogP contribution in [0.25, 0.3) is 10.9 Å². The first-order chi connectivity index (χ1) is 15.9. The minimum Gasteiger partial charge on any atom is -0.348 e. The molecule has 1 atom stereocenters. The Morgan fingerprint density at radius 1 is 1.00 bits per heavy atom. The molecule has 1 aromatic heterocycles. The average Bonchev–Trinajstić information content (AvgIpc) is 2.82. The summed E-state index contributed by atoms with van der Waals surface area (Å²) < 4.78 is 1.31. The summed E-state index contributed by atoms with van der Waals surface area (Å²) in [5.41, 5.74) is 3.32. The summed E-state index contributed by atoms with van der Waals surface area (Å²) >= 11 is 0. The number of amides is 2. The molecule has 166 valence electrons. The smallest absolute Gasteiger partial charge is 0.261 e. The first kappa shape index (κ1) is 22.0. The number of nitrogens with zero attached hydrogens (tertiary/aromatic N) is 2. The highest BCUT2D eigenvalue weighted by Gasteiger charge is 2.14. The third-order valence-electron chi connectivity index (χ3n) is 5.43. The van der Waals surface area contributed by atoms with E-state index in [1.54, 1.807) is 42.5 Å². The zero-order valence-corrected chi connectivity index (χ0v) is 18.4. The minimum absolute atomic E-state index is 0.134. The highest BCUT2D eigenvalue weighted by molar-refractivity contribution is 6.04. The van der Waals surface area contributed by atoms with E-state index >= 15 is 0 Å². The zero-order chi connectivity index (χ0) is 23.4. The van der Waals surface area contributed by atoms with Crippen LogP contribution in [0.4, 0.5) is 5.69 Å². The number of hydrogen-bond acceptors (Lipinski definition) is 4. The lowest BCUT2D eigenvalue weighted by atomic mass is 10.1. The molecule has 1 unspecified atom stereocenters. The number of hydrogen-bond donors (Lipinski definition) is 2. The van der Waals surface area contributed by atoms with Gasteiger partial charge in [0.2, 0.25) is 5.91 Å². The number of benzene rings is 3. The monoisotopic (exact) mass is 440 g/mol. The van der Waals surface area contributed by atoms with Crippen molar-refractivity contribution in [1.82, 2.24) is 14.9 Å². The van der Waals surface area contributed by atoms with Crippen LogP contribution in [0.1, 0.15) is 34.5 Å². The topological polar surface area (TPSA) is 93.1 Å². The second-order valence-corrected chi connectivity index (χ2v) is 7.88. The molecule has 2 N–H and O–H groups in total. The normalized spacial score (nSPS) is 11.7. The molecule has 0 bridgehead atoms. The Morgan fingerprint density at radius 2 is 1.76 bits per heavy atom. The standard InChI is InChI=1S/C26H24N4O3/c1-17-8-6-13-22-24(17)27-16-30(26(22)33)15-23(31)28-18(2)20-11-7-12-21(14-20)29-25(32)19-9-4-3-5-10-19/h3-14,16,18H,15H2,1-2H3,(H,28,31)(H,29,32). The second-order valence-electron chi connectivity index (χ2n) is 7.88. The van der Waals surface area contributed by atoms with Gasteiger partial charge in [-0.15, -0.1) is 0 Å². The maximum absolute atomic E-state index is 12.7. The maximum atomic E-state index is 12.7. The van der Waals surface area contributed by atoms with Gasteiger partial charge in [0.15, 0.2) is 0 Å². The molecule has 4 rings (SSSR count). The molecular formula is C26H24N4O3. The Kier molecular flexibility index (Phi) is 6.31. The van der Waals surface area contributed by atoms with Crippen LogP contribution in [0.5, 0.6) is 0 Å². The largest absolute Gasteiger partial charge is 0.348 e. The zero-order valence-electron chi connectivity index (χ0n) is 18.4. The van der Waals surface area contributed by atoms with Crippen molar-refractivity contribution in [3.8, 4) is 0 Å². The number of carbonyl (C=O) groups is 2. The maximum Gasteiger partial charge on any atom is 0.261 e. The van der Waals surface area contributed by atoms with Crippen LogP contribution >= 0.6 is 0 Å². The van der Waals surface area contributed by atoms with E-state index in [0.717, 1.165) is 11.1 Å². The number of rotatable bonds is 6. The number of para-hydroxylation sites is 1. The number of anilines is 1. The van der Waals surface area contributed by atoms with Gasteiger partial charge in [-0.2, -0.15) is 0 Å². The molecule has 0 saturated heterocycles. The van der Waals surface area contributed by atoms with Gasteiger partial charge >= 0.3 is 0 Å². The average molecular weight is 441 g/mol. The van der Waals surface area contributed by atoms with E-state index in [1.807, 2.05) is 44.2 Å². The van der Waals surface area contributed by atoms with Crippen LogP contribution in [0.2, 0.25) is 0 Å². The van der Waals surface area contributed by atoms with E-state index in [-0.39, 0.29) is 30.0 Å². The molecule has 0 spiro atoms. The van der Waals surface area contributed by atoms with Gasteiger partial charge in [0.25, 0.3) is 11.5 Å². The predicted molar refractivity (Wildman–Crippen MR) is 128 cm³/mol. The Morgan fingerprint density at radius 3 is 2.55 bits per heavy atom. The van der Waals surface area contributed by atoms with E-state index in [1.165, 1.54) is 10.9 Å². The van der Waals surface area contributed by atoms with E-state index in [0.29, 0.717) is 22.2 Å². The lowest BCUT2D eigenvalue weighted by Crippen LogP contribution is -2.34. The van der Waals surface area contributed by atoms with Crippen LogP contribution in [0.3, 0.4) is 0 Å². The van der Waals surface area contributed by atoms with Gasteiger partial charge in [0, 0.05) is 11.3 Å². The van der Waals surface area contributed by atoms with Crippen LogP contribution in [-0.2, 0) is 11.3 Å². The molecule has 4 aromatic rings. The second kappa shape index (κ2) is 9.48. The van der Waals surface area contributed by atoms with Gasteiger partial charge in [0.05, 0.1) is 23.3 Å². The van der Waals surface area contributed by atoms with Crippen molar-refractivity contribution >= 4 is 28.4 Å². The first-order valence-electron chi connectivity index (χ1n) is 10.6. The van der Waals surface area contributed by atoms with Crippen LogP contribution < -0.4 is 16.2 Å². The molecule has 3 aromatic carbocycles. The summed E-state index contributed by atoms with van der Waals surface area (Å²) in [6.45, 7) is 3.61. The molecule has 1 heterocycles. The molecule has 0 radical (unpaired) electrons. The molecule has 0 aliphatic rings. The number of aryl methyl sites for hydroxylation is 1. The Bertz CT molecular complexity index is 1380. The number of nitrogens with one attached hydrogen (secondary N) is 2. The first-order valence-corrected chi connectivity index (χ1v) is 10.6. The Hall–Kier alpha value is -4.26. The van der Waals surface area contributed by atoms with E-state index < -0.39 is 0 Å². The van der Waals surface area contributed by atoms with Crippen molar-refractivity contribution in [2.24, 2.45) is 0 Å². The molecule has 0 fully saturated rings. The predicted octanol–water partition coefficient (Wildman–Crippen LogP) is 3.83. The Labute approximate surface area is 191 Å². The molecule has 7 heteroatoms. The molecule has 0 saturated carbocycles. The summed E-state index contributed by atoms with van der Waals surface area (Å²) in [7, 11) is 0. The van der Waals surface area contributed by atoms with Crippen LogP contribution in [0, 0.1) is 6.92 Å². The molecule has 33 heavy (non-hydrogen) atoms. The fraction of sp³-hybridized carbons (Fsp3) is 0.154. The fourth-order valence-corrected chi connectivity index (χ4v) is 3.65. The molecule has 2 amide bonds. The summed E-state index contributed by atoms with van der Waals surface area (Å²) in [5, 5.41) is 6.26. The SMILES string of the molecule is Cc1cccc2c(=O)n(CC(=O)NC(C)c3cccc(NC(=O)c4ccccc4)c3)cnc12. The quantitative estimate of drug-likeness (QED) is 0.477. The fourth-order valence-electron chi connectivity index (χ4n) is 3.65. The van der Waals surface area contributed by atoms with E-state index in [2.05, 4.69) is 15.6 Å². The summed E-state index contributed by atoms with van der Waals surface area (Å²) in [6, 6.07) is 21.3. The van der Waals surface area contributed by atoms with Crippen molar-refractivity contribution in [3.63, 3.8) is 0 Å². The summed E-state index contributed by atoms with van der Waals surface area (Å²) in [4.78, 5) is 42.1. The minimum atomic E-state index is -0.322. The molecular weight excluding hydrogens is 416 g/mol. The Balaban J connectivity index is 1.44. The number of aromatic nitrogens is 2. The summed E-state index contributed by atoms with van der Waals surface area (Å²) in [6.07, 6.45) is 1.40. The van der Waals surface area contributed by atoms with Crippen LogP contribution in [0.15, 0.2) is 83.9 Å². The van der Waals surface area contributed by atoms with Crippen molar-refractivity contribution in [2.75, 3.05) is 5.32 Å². The summed E-state index contributed by atoms with van der Waals surface area (Å²) in [5.74, 6) is -0.514. The van der Waals surface area contributed by atoms with E-state index in [4.69, 9.17) is 0 Å². The van der Waals surface area contributed by atoms with Crippen LogP contribution in [-0.4, -0.2) is 21.4 Å². The van der Waals surface area contributed by atoms with Gasteiger partial charge in [-0.1, -0.05) is 42.5 Å². The van der Waals surface area contributed by atoms with E-state index in [9.17, 15) is 14.4 Å². The third-order valence-corrected chi connectivity index (χ3v) is 5.43. The highest BCUT2D eigenvalue weighted by atomic mass is 16.2. The molecule has 0 aliphatic carbocycles. The third kappa shape index (κ3) is 4.98. The van der Waals surface area contributed by atoms with Gasteiger partial charge in [-0.05, 0) is 55.3 Å². The molecule has 7 nitrogen and oxygen atoms in total. The van der Waals surface area contributed by atoms with Crippen molar-refractivity contribution in [3.05, 3.63) is 106 Å². The lowest BCUT2D eigenvalue weighted by molar-refractivity contribution is -0.122. The number of fused-ring (bicyclic) bond motifs is 1. The van der Waals surface area contributed by atoms with Crippen molar-refractivity contribution in [1.29, 1.82) is 0 Å². The van der Waals surface area contributed by atoms with Gasteiger partial charge in [-0.3, -0.25) is 19.0 Å². The van der Waals surface area contributed by atoms with Crippen molar-refractivity contribution < 1.29 is 9.59 Å². The van der Waals surface area contributed by atoms with Gasteiger partial charge in [0.1, 0.15) is 6.54 Å².